The number of esters is 1. The lowest BCUT2D eigenvalue weighted by molar-refractivity contribution is 0.0469. The molecule has 1 aliphatic rings. The zero-order valence-electron chi connectivity index (χ0n) is 19.0. The van der Waals surface area contributed by atoms with Crippen molar-refractivity contribution >= 4 is 22.7 Å². The normalized spacial score (nSPS) is 14.7. The summed E-state index contributed by atoms with van der Waals surface area (Å²) >= 11 is 0. The van der Waals surface area contributed by atoms with Crippen LogP contribution in [0.1, 0.15) is 32.2 Å². The van der Waals surface area contributed by atoms with Gasteiger partial charge in [0.1, 0.15) is 12.3 Å². The second-order valence-corrected chi connectivity index (χ2v) is 8.28. The number of hydrogen-bond acceptors (Lipinski definition) is 6. The van der Waals surface area contributed by atoms with Crippen molar-refractivity contribution in [3.05, 3.63) is 89.4 Å². The van der Waals surface area contributed by atoms with Crippen molar-refractivity contribution in [1.82, 2.24) is 9.55 Å². The number of ketones is 1. The summed E-state index contributed by atoms with van der Waals surface area (Å²) in [5.74, 6) is 0.559. The highest BCUT2D eigenvalue weighted by Gasteiger charge is 2.24. The number of fused-ring (bicyclic) bond motifs is 2. The number of Topliss-reactive ketones (excluding diaryl/α,β-unsaturated/α-hetero) is 1. The summed E-state index contributed by atoms with van der Waals surface area (Å²) in [6.07, 6.45) is -0.181. The Morgan fingerprint density at radius 2 is 1.79 bits per heavy atom. The minimum atomic E-state index is -0.626. The van der Waals surface area contributed by atoms with E-state index in [1.54, 1.807) is 6.07 Å². The molecule has 0 amide bonds. The molecule has 0 aliphatic carbocycles. The Labute approximate surface area is 196 Å². The highest BCUT2D eigenvalue weighted by Crippen LogP contribution is 2.31. The van der Waals surface area contributed by atoms with Crippen molar-refractivity contribution in [3.63, 3.8) is 0 Å². The predicted octanol–water partition coefficient (Wildman–Crippen LogP) is 4.53. The van der Waals surface area contributed by atoms with Gasteiger partial charge in [-0.1, -0.05) is 36.4 Å². The molecule has 1 atom stereocenters. The van der Waals surface area contributed by atoms with Gasteiger partial charge in [-0.3, -0.25) is 4.79 Å². The van der Waals surface area contributed by atoms with E-state index >= 15 is 0 Å². The minimum absolute atomic E-state index is 0.173. The smallest absolute Gasteiger partial charge is 0.357 e. The van der Waals surface area contributed by atoms with Gasteiger partial charge < -0.3 is 18.8 Å². The lowest BCUT2D eigenvalue weighted by Crippen LogP contribution is -2.33. The van der Waals surface area contributed by atoms with E-state index < -0.39 is 5.97 Å². The highest BCUT2D eigenvalue weighted by molar-refractivity contribution is 6.00. The van der Waals surface area contributed by atoms with Gasteiger partial charge in [-0.2, -0.15) is 0 Å². The van der Waals surface area contributed by atoms with Crippen molar-refractivity contribution < 1.29 is 23.8 Å². The summed E-state index contributed by atoms with van der Waals surface area (Å²) in [6.45, 7) is 4.43. The SMILES string of the molecule is Cc1cc(C(=O)COC(=O)c2ccc3ccccc3n2)c(C)n1C[C@H]1COc2ccccc2O1. The predicted molar refractivity (Wildman–Crippen MR) is 127 cm³/mol. The molecule has 0 N–H and O–H groups in total. The lowest BCUT2D eigenvalue weighted by Gasteiger charge is -2.27. The van der Waals surface area contributed by atoms with E-state index in [0.717, 1.165) is 22.5 Å². The van der Waals surface area contributed by atoms with Crippen LogP contribution in [0.3, 0.4) is 0 Å². The van der Waals surface area contributed by atoms with Crippen molar-refractivity contribution in [2.24, 2.45) is 0 Å². The summed E-state index contributed by atoms with van der Waals surface area (Å²) in [6, 6.07) is 20.3. The van der Waals surface area contributed by atoms with Crippen LogP contribution in [0.2, 0.25) is 0 Å². The van der Waals surface area contributed by atoms with Crippen LogP contribution in [0.25, 0.3) is 10.9 Å². The van der Waals surface area contributed by atoms with Crippen LogP contribution >= 0.6 is 0 Å². The van der Waals surface area contributed by atoms with Crippen LogP contribution in [-0.2, 0) is 11.3 Å². The molecule has 5 rings (SSSR count). The number of para-hydroxylation sites is 3. The highest BCUT2D eigenvalue weighted by atomic mass is 16.6. The number of pyridine rings is 1. The molecule has 0 spiro atoms. The van der Waals surface area contributed by atoms with Crippen LogP contribution in [0.4, 0.5) is 0 Å². The number of nitrogens with zero attached hydrogens (tertiary/aromatic N) is 2. The standard InChI is InChI=1S/C27H24N2O5/c1-17-13-21(18(2)29(17)14-20-15-32-25-9-5-6-10-26(25)34-20)24(30)16-33-27(31)23-12-11-19-7-3-4-8-22(19)28-23/h3-13,20H,14-16H2,1-2H3/t20-/m0/s1. The molecule has 4 aromatic rings. The summed E-state index contributed by atoms with van der Waals surface area (Å²) in [7, 11) is 0. The van der Waals surface area contributed by atoms with Crippen LogP contribution in [0.5, 0.6) is 11.5 Å². The quantitative estimate of drug-likeness (QED) is 0.313. The Bertz CT molecular complexity index is 1390. The van der Waals surface area contributed by atoms with Gasteiger partial charge in [0, 0.05) is 22.3 Å². The van der Waals surface area contributed by atoms with Crippen LogP contribution < -0.4 is 9.47 Å². The number of aryl methyl sites for hydroxylation is 1. The Balaban J connectivity index is 1.25. The van der Waals surface area contributed by atoms with Gasteiger partial charge in [0.2, 0.25) is 5.78 Å². The van der Waals surface area contributed by atoms with Gasteiger partial charge in [-0.15, -0.1) is 0 Å². The van der Waals surface area contributed by atoms with E-state index in [0.29, 0.717) is 30.0 Å². The van der Waals surface area contributed by atoms with Gasteiger partial charge in [0.25, 0.3) is 0 Å². The van der Waals surface area contributed by atoms with Crippen molar-refractivity contribution in [1.29, 1.82) is 0 Å². The molecule has 1 aliphatic heterocycles. The molecule has 172 valence electrons. The third-order valence-electron chi connectivity index (χ3n) is 5.97. The molecular weight excluding hydrogens is 432 g/mol. The lowest BCUT2D eigenvalue weighted by atomic mass is 10.1. The van der Waals surface area contributed by atoms with E-state index in [-0.39, 0.29) is 24.2 Å². The number of carbonyl (C=O) groups is 2. The monoisotopic (exact) mass is 456 g/mol. The Morgan fingerprint density at radius 1 is 1.03 bits per heavy atom. The fraction of sp³-hybridized carbons (Fsp3) is 0.222. The van der Waals surface area contributed by atoms with Crippen molar-refractivity contribution in [2.45, 2.75) is 26.5 Å². The summed E-state index contributed by atoms with van der Waals surface area (Å²) in [4.78, 5) is 29.7. The molecule has 0 fully saturated rings. The molecular formula is C27H24N2O5. The maximum atomic E-state index is 12.9. The maximum Gasteiger partial charge on any atom is 0.357 e. The van der Waals surface area contributed by atoms with Crippen LogP contribution in [0, 0.1) is 13.8 Å². The first-order chi connectivity index (χ1) is 16.5. The van der Waals surface area contributed by atoms with Crippen LogP contribution in [-0.4, -0.2) is 40.6 Å². The fourth-order valence-corrected chi connectivity index (χ4v) is 4.18. The zero-order chi connectivity index (χ0) is 23.7. The fourth-order valence-electron chi connectivity index (χ4n) is 4.18. The van der Waals surface area contributed by atoms with Gasteiger partial charge in [-0.05, 0) is 44.2 Å². The Kier molecular flexibility index (Phi) is 5.76. The first-order valence-electron chi connectivity index (χ1n) is 11.1. The zero-order valence-corrected chi connectivity index (χ0v) is 19.0. The van der Waals surface area contributed by atoms with Gasteiger partial charge >= 0.3 is 5.97 Å². The second-order valence-electron chi connectivity index (χ2n) is 8.28. The number of carbonyl (C=O) groups excluding carboxylic acids is 2. The van der Waals surface area contributed by atoms with Gasteiger partial charge in [0.05, 0.1) is 12.1 Å². The van der Waals surface area contributed by atoms with Crippen molar-refractivity contribution in [3.8, 4) is 11.5 Å². The number of hydrogen-bond donors (Lipinski definition) is 0. The molecule has 0 radical (unpaired) electrons. The van der Waals surface area contributed by atoms with E-state index in [9.17, 15) is 9.59 Å². The number of rotatable bonds is 6. The summed E-state index contributed by atoms with van der Waals surface area (Å²) in [5.41, 5.74) is 3.11. The third kappa shape index (κ3) is 4.24. The van der Waals surface area contributed by atoms with E-state index in [1.165, 1.54) is 0 Å². The number of ether oxygens (including phenoxy) is 3. The molecule has 0 saturated heterocycles. The van der Waals surface area contributed by atoms with Crippen molar-refractivity contribution in [2.75, 3.05) is 13.2 Å². The third-order valence-corrected chi connectivity index (χ3v) is 5.97. The van der Waals surface area contributed by atoms with Gasteiger partial charge in [0.15, 0.2) is 24.2 Å². The Hall–Kier alpha value is -4.13. The average Bonchev–Trinajstić information content (AvgIpc) is 3.15. The number of benzene rings is 2. The first kappa shape index (κ1) is 21.7. The second kappa shape index (κ2) is 9.02. The van der Waals surface area contributed by atoms with Crippen LogP contribution in [0.15, 0.2) is 66.7 Å². The summed E-state index contributed by atoms with van der Waals surface area (Å²) < 4.78 is 19.2. The largest absolute Gasteiger partial charge is 0.486 e. The molecule has 2 aromatic heterocycles. The molecule has 0 bridgehead atoms. The molecule has 0 unspecified atom stereocenters. The first-order valence-corrected chi connectivity index (χ1v) is 11.1. The van der Waals surface area contributed by atoms with Gasteiger partial charge in [-0.25, -0.2) is 9.78 Å². The molecule has 7 heteroatoms. The molecule has 0 saturated carbocycles. The van der Waals surface area contributed by atoms with E-state index in [2.05, 4.69) is 4.98 Å². The summed E-state index contributed by atoms with van der Waals surface area (Å²) in [5, 5.41) is 0.929. The molecule has 34 heavy (non-hydrogen) atoms. The minimum Gasteiger partial charge on any atom is -0.486 e. The topological polar surface area (TPSA) is 79.7 Å². The molecule has 7 nitrogen and oxygen atoms in total. The average molecular weight is 456 g/mol. The Morgan fingerprint density at radius 3 is 2.65 bits per heavy atom. The van der Waals surface area contributed by atoms with E-state index in [1.807, 2.05) is 79.1 Å². The van der Waals surface area contributed by atoms with E-state index in [4.69, 9.17) is 14.2 Å². The molecule has 2 aromatic carbocycles. The maximum absolute atomic E-state index is 12.9. The number of aromatic nitrogens is 2. The molecule has 3 heterocycles.